The predicted octanol–water partition coefficient (Wildman–Crippen LogP) is 2.29. The van der Waals surface area contributed by atoms with Gasteiger partial charge in [-0.3, -0.25) is 0 Å². The average molecular weight is 262 g/mol. The maximum atomic E-state index is 4.30. The highest BCUT2D eigenvalue weighted by molar-refractivity contribution is 9.10. The minimum atomic E-state index is 0.841. The summed E-state index contributed by atoms with van der Waals surface area (Å²) in [6.07, 6.45) is 2.62. The maximum absolute atomic E-state index is 4.30. The Morgan fingerprint density at radius 3 is 2.80 bits per heavy atom. The number of nitrogens with zero attached hydrogens (tertiary/aromatic N) is 3. The second-order valence-electron chi connectivity index (χ2n) is 3.15. The molecule has 2 aromatic heterocycles. The van der Waals surface area contributed by atoms with Crippen LogP contribution in [-0.2, 0) is 0 Å². The summed E-state index contributed by atoms with van der Waals surface area (Å²) >= 11 is 3.40. The van der Waals surface area contributed by atoms with Crippen molar-refractivity contribution >= 4 is 21.6 Å². The Morgan fingerprint density at radius 2 is 2.07 bits per heavy atom. The largest absolute Gasteiger partial charge is 0.319 e. The molecule has 0 fully saturated rings. The number of nitrogens with one attached hydrogen (secondary N) is 1. The number of aromatic nitrogens is 4. The lowest BCUT2D eigenvalue weighted by Crippen LogP contribution is -1.86. The standard InChI is InChI=1S/C10H6BrN4/c11-8-3-1-7(2-4-8)9-5-10-12-6-13-15(10)14-9/h1-5H,(H,12,13). The third kappa shape index (κ3) is 1.45. The lowest BCUT2D eigenvalue weighted by atomic mass is 10.2. The van der Waals surface area contributed by atoms with Gasteiger partial charge in [-0.1, -0.05) is 28.1 Å². The van der Waals surface area contributed by atoms with E-state index in [0.717, 1.165) is 21.4 Å². The van der Waals surface area contributed by atoms with E-state index in [0.29, 0.717) is 0 Å². The quantitative estimate of drug-likeness (QED) is 0.731. The van der Waals surface area contributed by atoms with Gasteiger partial charge in [0, 0.05) is 16.1 Å². The molecule has 0 aliphatic rings. The van der Waals surface area contributed by atoms with Crippen molar-refractivity contribution in [3.05, 3.63) is 41.1 Å². The number of H-pyrrole nitrogens is 1. The van der Waals surface area contributed by atoms with Crippen LogP contribution in [0.2, 0.25) is 0 Å². The van der Waals surface area contributed by atoms with Crippen molar-refractivity contribution in [2.75, 3.05) is 0 Å². The van der Waals surface area contributed by atoms with Gasteiger partial charge in [0.1, 0.15) is 0 Å². The van der Waals surface area contributed by atoms with E-state index in [1.54, 1.807) is 0 Å². The molecule has 0 unspecified atom stereocenters. The smallest absolute Gasteiger partial charge is 0.199 e. The molecule has 0 saturated heterocycles. The Balaban J connectivity index is 2.13. The first-order chi connectivity index (χ1) is 7.33. The number of hydrogen-bond acceptors (Lipinski definition) is 2. The molecule has 0 aliphatic heterocycles. The molecule has 0 aliphatic carbocycles. The van der Waals surface area contributed by atoms with E-state index in [-0.39, 0.29) is 0 Å². The molecule has 1 aromatic carbocycles. The first kappa shape index (κ1) is 8.67. The molecule has 0 bridgehead atoms. The maximum Gasteiger partial charge on any atom is 0.199 e. The monoisotopic (exact) mass is 261 g/mol. The van der Waals surface area contributed by atoms with Crippen molar-refractivity contribution < 1.29 is 0 Å². The summed E-state index contributed by atoms with van der Waals surface area (Å²) in [5, 5.41) is 8.20. The van der Waals surface area contributed by atoms with E-state index in [9.17, 15) is 0 Å². The molecule has 3 aromatic rings. The molecular formula is C10H6BrN4. The Kier molecular flexibility index (Phi) is 1.85. The van der Waals surface area contributed by atoms with Crippen LogP contribution >= 0.6 is 15.9 Å². The summed E-state index contributed by atoms with van der Waals surface area (Å²) in [5.74, 6) is 0. The number of hydrogen-bond donors (Lipinski definition) is 1. The number of benzene rings is 1. The first-order valence-corrected chi connectivity index (χ1v) is 5.20. The van der Waals surface area contributed by atoms with Crippen molar-refractivity contribution in [1.82, 2.24) is 19.8 Å². The molecule has 0 spiro atoms. The van der Waals surface area contributed by atoms with E-state index in [1.807, 2.05) is 30.3 Å². The third-order valence-electron chi connectivity index (χ3n) is 2.16. The second kappa shape index (κ2) is 3.20. The Labute approximate surface area is 94.1 Å². The molecule has 2 heterocycles. The van der Waals surface area contributed by atoms with Gasteiger partial charge in [0.25, 0.3) is 0 Å². The number of halogens is 1. The fraction of sp³-hybridized carbons (Fsp3) is 0. The van der Waals surface area contributed by atoms with Crippen LogP contribution in [-0.4, -0.2) is 19.8 Å². The van der Waals surface area contributed by atoms with Gasteiger partial charge in [0.15, 0.2) is 12.0 Å². The zero-order valence-electron chi connectivity index (χ0n) is 7.61. The molecule has 4 nitrogen and oxygen atoms in total. The highest BCUT2D eigenvalue weighted by Gasteiger charge is 2.05. The fourth-order valence-electron chi connectivity index (χ4n) is 1.43. The summed E-state index contributed by atoms with van der Waals surface area (Å²) < 4.78 is 2.58. The minimum Gasteiger partial charge on any atom is -0.319 e. The van der Waals surface area contributed by atoms with Crippen molar-refractivity contribution in [3.8, 4) is 11.3 Å². The van der Waals surface area contributed by atoms with Crippen molar-refractivity contribution in [3.63, 3.8) is 0 Å². The molecule has 0 saturated carbocycles. The number of aromatic amines is 1. The molecule has 15 heavy (non-hydrogen) atoms. The van der Waals surface area contributed by atoms with Crippen LogP contribution < -0.4 is 0 Å². The zero-order valence-corrected chi connectivity index (χ0v) is 9.19. The summed E-state index contributed by atoms with van der Waals surface area (Å²) in [4.78, 5) is 2.88. The molecule has 5 heteroatoms. The van der Waals surface area contributed by atoms with Gasteiger partial charge in [-0.2, -0.15) is 0 Å². The Hall–Kier alpha value is -1.62. The van der Waals surface area contributed by atoms with Crippen LogP contribution in [0.15, 0.2) is 34.8 Å². The minimum absolute atomic E-state index is 0.841. The fourth-order valence-corrected chi connectivity index (χ4v) is 1.69. The lowest BCUT2D eigenvalue weighted by molar-refractivity contribution is 0.822. The van der Waals surface area contributed by atoms with E-state index in [4.69, 9.17) is 0 Å². The predicted molar refractivity (Wildman–Crippen MR) is 59.3 cm³/mol. The molecule has 0 amide bonds. The van der Waals surface area contributed by atoms with Gasteiger partial charge >= 0.3 is 0 Å². The Bertz CT molecular complexity index is 565. The van der Waals surface area contributed by atoms with Crippen molar-refractivity contribution in [1.29, 1.82) is 0 Å². The second-order valence-corrected chi connectivity index (χ2v) is 4.06. The normalized spacial score (nSPS) is 11.0. The van der Waals surface area contributed by atoms with E-state index in [2.05, 4.69) is 37.4 Å². The van der Waals surface area contributed by atoms with E-state index in [1.165, 1.54) is 4.63 Å². The molecular weight excluding hydrogens is 256 g/mol. The molecule has 3 rings (SSSR count). The van der Waals surface area contributed by atoms with Crippen LogP contribution in [0.25, 0.3) is 16.9 Å². The topological polar surface area (TPSA) is 46.0 Å². The average Bonchev–Trinajstić information content (AvgIpc) is 2.78. The summed E-state index contributed by atoms with van der Waals surface area (Å²) in [6, 6.07) is 9.93. The van der Waals surface area contributed by atoms with Crippen molar-refractivity contribution in [2.45, 2.75) is 0 Å². The van der Waals surface area contributed by atoms with E-state index < -0.39 is 0 Å². The van der Waals surface area contributed by atoms with Gasteiger partial charge in [-0.05, 0) is 12.1 Å². The SMILES string of the molecule is Brc1ccc(-c2cc3[nH][c]nn3n2)cc1. The lowest BCUT2D eigenvalue weighted by Gasteiger charge is -1.95. The van der Waals surface area contributed by atoms with Gasteiger partial charge in [-0.15, -0.1) is 14.8 Å². The zero-order chi connectivity index (χ0) is 10.3. The highest BCUT2D eigenvalue weighted by Crippen LogP contribution is 2.20. The van der Waals surface area contributed by atoms with Crippen LogP contribution in [0, 0.1) is 6.33 Å². The highest BCUT2D eigenvalue weighted by atomic mass is 79.9. The van der Waals surface area contributed by atoms with Gasteiger partial charge in [0.2, 0.25) is 0 Å². The summed E-state index contributed by atoms with van der Waals surface area (Å²) in [6.45, 7) is 0. The third-order valence-corrected chi connectivity index (χ3v) is 2.69. The molecule has 1 N–H and O–H groups in total. The van der Waals surface area contributed by atoms with Crippen LogP contribution in [0.3, 0.4) is 0 Å². The number of fused-ring (bicyclic) bond motifs is 1. The van der Waals surface area contributed by atoms with Crippen LogP contribution in [0.1, 0.15) is 0 Å². The van der Waals surface area contributed by atoms with Gasteiger partial charge in [-0.25, -0.2) is 0 Å². The van der Waals surface area contributed by atoms with Gasteiger partial charge < -0.3 is 4.98 Å². The van der Waals surface area contributed by atoms with Gasteiger partial charge in [0.05, 0.1) is 5.69 Å². The first-order valence-electron chi connectivity index (χ1n) is 4.41. The molecule has 73 valence electrons. The van der Waals surface area contributed by atoms with Crippen LogP contribution in [0.5, 0.6) is 0 Å². The van der Waals surface area contributed by atoms with Crippen molar-refractivity contribution in [2.24, 2.45) is 0 Å². The van der Waals surface area contributed by atoms with Crippen LogP contribution in [0.4, 0.5) is 0 Å². The molecule has 0 atom stereocenters. The van der Waals surface area contributed by atoms with E-state index >= 15 is 0 Å². The number of rotatable bonds is 1. The summed E-state index contributed by atoms with van der Waals surface area (Å²) in [7, 11) is 0. The summed E-state index contributed by atoms with van der Waals surface area (Å²) in [5.41, 5.74) is 2.81. The molecule has 1 radical (unpaired) electrons. The Morgan fingerprint density at radius 1 is 1.27 bits per heavy atom.